The largest absolute Gasteiger partial charge is 0.317 e. The SMILES string of the molecule is CCN(CC)CCC(Cc1cc(C)ccc1C)NC. The monoisotopic (exact) mass is 262 g/mol. The summed E-state index contributed by atoms with van der Waals surface area (Å²) in [5, 5.41) is 3.47. The highest BCUT2D eigenvalue weighted by Crippen LogP contribution is 2.14. The summed E-state index contributed by atoms with van der Waals surface area (Å²) in [6.45, 7) is 12.3. The first-order valence-electron chi connectivity index (χ1n) is 7.56. The molecule has 1 aromatic carbocycles. The molecule has 1 aromatic rings. The van der Waals surface area contributed by atoms with Crippen molar-refractivity contribution in [2.24, 2.45) is 0 Å². The zero-order valence-corrected chi connectivity index (χ0v) is 13.3. The Morgan fingerprint density at radius 2 is 1.84 bits per heavy atom. The fraction of sp³-hybridized carbons (Fsp3) is 0.647. The van der Waals surface area contributed by atoms with Crippen molar-refractivity contribution in [3.8, 4) is 0 Å². The molecule has 1 rings (SSSR count). The molecule has 0 saturated heterocycles. The maximum Gasteiger partial charge on any atom is 0.0117 e. The van der Waals surface area contributed by atoms with Crippen LogP contribution in [0.5, 0.6) is 0 Å². The van der Waals surface area contributed by atoms with E-state index in [0.29, 0.717) is 6.04 Å². The quantitative estimate of drug-likeness (QED) is 0.774. The molecule has 108 valence electrons. The van der Waals surface area contributed by atoms with E-state index in [1.807, 2.05) is 0 Å². The predicted molar refractivity (Wildman–Crippen MR) is 84.9 cm³/mol. The predicted octanol–water partition coefficient (Wildman–Crippen LogP) is 3.17. The average molecular weight is 262 g/mol. The smallest absolute Gasteiger partial charge is 0.0117 e. The molecule has 0 spiro atoms. The third kappa shape index (κ3) is 5.33. The van der Waals surface area contributed by atoms with Gasteiger partial charge in [-0.1, -0.05) is 37.6 Å². The van der Waals surface area contributed by atoms with Crippen LogP contribution in [0.2, 0.25) is 0 Å². The second-order valence-electron chi connectivity index (χ2n) is 5.44. The zero-order chi connectivity index (χ0) is 14.3. The highest BCUT2D eigenvalue weighted by molar-refractivity contribution is 5.31. The van der Waals surface area contributed by atoms with Crippen LogP contribution in [0.1, 0.15) is 37.0 Å². The molecule has 2 heteroatoms. The lowest BCUT2D eigenvalue weighted by atomic mass is 9.97. The Kier molecular flexibility index (Phi) is 7.11. The topological polar surface area (TPSA) is 15.3 Å². The van der Waals surface area contributed by atoms with Crippen LogP contribution >= 0.6 is 0 Å². The molecule has 0 fully saturated rings. The van der Waals surface area contributed by atoms with Gasteiger partial charge in [0.1, 0.15) is 0 Å². The molecule has 0 aliphatic rings. The molecule has 1 atom stereocenters. The maximum atomic E-state index is 3.47. The van der Waals surface area contributed by atoms with Crippen LogP contribution in [0.4, 0.5) is 0 Å². The van der Waals surface area contributed by atoms with Gasteiger partial charge < -0.3 is 10.2 Å². The zero-order valence-electron chi connectivity index (χ0n) is 13.3. The molecule has 0 aliphatic heterocycles. The number of likely N-dealkylation sites (N-methyl/N-ethyl adjacent to an activating group) is 1. The molecule has 0 aliphatic carbocycles. The van der Waals surface area contributed by atoms with Crippen LogP contribution < -0.4 is 5.32 Å². The summed E-state index contributed by atoms with van der Waals surface area (Å²) in [7, 11) is 2.08. The first-order chi connectivity index (χ1) is 9.10. The summed E-state index contributed by atoms with van der Waals surface area (Å²) in [6.07, 6.45) is 2.34. The van der Waals surface area contributed by atoms with Crippen LogP contribution in [0, 0.1) is 13.8 Å². The van der Waals surface area contributed by atoms with Crippen molar-refractivity contribution >= 4 is 0 Å². The number of hydrogen-bond donors (Lipinski definition) is 1. The minimum Gasteiger partial charge on any atom is -0.317 e. The van der Waals surface area contributed by atoms with Crippen LogP contribution in [-0.2, 0) is 6.42 Å². The van der Waals surface area contributed by atoms with Crippen LogP contribution in [0.3, 0.4) is 0 Å². The Bertz CT molecular complexity index is 370. The van der Waals surface area contributed by atoms with Gasteiger partial charge in [-0.2, -0.15) is 0 Å². The summed E-state index contributed by atoms with van der Waals surface area (Å²) in [4.78, 5) is 2.49. The number of nitrogens with zero attached hydrogens (tertiary/aromatic N) is 1. The fourth-order valence-electron chi connectivity index (χ4n) is 2.51. The first kappa shape index (κ1) is 16.2. The van der Waals surface area contributed by atoms with Gasteiger partial charge in [0.2, 0.25) is 0 Å². The normalized spacial score (nSPS) is 12.9. The summed E-state index contributed by atoms with van der Waals surface area (Å²) in [5.41, 5.74) is 4.26. The summed E-state index contributed by atoms with van der Waals surface area (Å²) >= 11 is 0. The summed E-state index contributed by atoms with van der Waals surface area (Å²) in [5.74, 6) is 0. The van der Waals surface area contributed by atoms with E-state index in [1.54, 1.807) is 0 Å². The second kappa shape index (κ2) is 8.34. The molecule has 0 saturated carbocycles. The number of rotatable bonds is 8. The van der Waals surface area contributed by atoms with Crippen molar-refractivity contribution in [3.63, 3.8) is 0 Å². The van der Waals surface area contributed by atoms with Gasteiger partial charge in [-0.3, -0.25) is 0 Å². The molecule has 0 radical (unpaired) electrons. The van der Waals surface area contributed by atoms with Crippen molar-refractivity contribution in [3.05, 3.63) is 34.9 Å². The van der Waals surface area contributed by atoms with Gasteiger partial charge in [-0.25, -0.2) is 0 Å². The number of aryl methyl sites for hydroxylation is 2. The Labute approximate surface area is 119 Å². The molecule has 0 amide bonds. The van der Waals surface area contributed by atoms with Crippen molar-refractivity contribution < 1.29 is 0 Å². The van der Waals surface area contributed by atoms with E-state index >= 15 is 0 Å². The fourth-order valence-corrected chi connectivity index (χ4v) is 2.51. The third-order valence-electron chi connectivity index (χ3n) is 4.07. The minimum absolute atomic E-state index is 0.570. The average Bonchev–Trinajstić information content (AvgIpc) is 2.42. The Balaban J connectivity index is 2.58. The Morgan fingerprint density at radius 1 is 1.16 bits per heavy atom. The molecule has 2 nitrogen and oxygen atoms in total. The van der Waals surface area contributed by atoms with E-state index in [9.17, 15) is 0 Å². The third-order valence-corrected chi connectivity index (χ3v) is 4.07. The van der Waals surface area contributed by atoms with E-state index in [4.69, 9.17) is 0 Å². The molecule has 0 bridgehead atoms. The molecule has 1 N–H and O–H groups in total. The molecule has 0 aromatic heterocycles. The lowest BCUT2D eigenvalue weighted by Gasteiger charge is -2.23. The van der Waals surface area contributed by atoms with E-state index < -0.39 is 0 Å². The van der Waals surface area contributed by atoms with E-state index in [-0.39, 0.29) is 0 Å². The van der Waals surface area contributed by atoms with Crippen molar-refractivity contribution in [1.82, 2.24) is 10.2 Å². The maximum absolute atomic E-state index is 3.47. The molecule has 1 unspecified atom stereocenters. The van der Waals surface area contributed by atoms with Crippen LogP contribution in [-0.4, -0.2) is 37.6 Å². The highest BCUT2D eigenvalue weighted by atomic mass is 15.1. The number of nitrogens with one attached hydrogen (secondary N) is 1. The van der Waals surface area contributed by atoms with Gasteiger partial charge in [0.25, 0.3) is 0 Å². The van der Waals surface area contributed by atoms with Gasteiger partial charge in [0, 0.05) is 6.04 Å². The van der Waals surface area contributed by atoms with Gasteiger partial charge in [-0.15, -0.1) is 0 Å². The Hall–Kier alpha value is -0.860. The van der Waals surface area contributed by atoms with E-state index in [0.717, 1.165) is 19.5 Å². The number of hydrogen-bond acceptors (Lipinski definition) is 2. The second-order valence-corrected chi connectivity index (χ2v) is 5.44. The van der Waals surface area contributed by atoms with Gasteiger partial charge in [-0.05, 0) is 64.5 Å². The highest BCUT2D eigenvalue weighted by Gasteiger charge is 2.10. The lowest BCUT2D eigenvalue weighted by Crippen LogP contribution is -2.34. The summed E-state index contributed by atoms with van der Waals surface area (Å²) in [6, 6.07) is 7.34. The van der Waals surface area contributed by atoms with Crippen molar-refractivity contribution in [2.75, 3.05) is 26.7 Å². The molecule has 0 heterocycles. The standard InChI is InChI=1S/C17H30N2/c1-6-19(7-2)11-10-17(18-5)13-16-12-14(3)8-9-15(16)4/h8-9,12,17-18H,6-7,10-11,13H2,1-5H3. The van der Waals surface area contributed by atoms with E-state index in [2.05, 4.69) is 63.2 Å². The molecule has 19 heavy (non-hydrogen) atoms. The van der Waals surface area contributed by atoms with Crippen LogP contribution in [0.15, 0.2) is 18.2 Å². The number of benzene rings is 1. The van der Waals surface area contributed by atoms with E-state index in [1.165, 1.54) is 29.7 Å². The first-order valence-corrected chi connectivity index (χ1v) is 7.56. The molecular weight excluding hydrogens is 232 g/mol. The van der Waals surface area contributed by atoms with Gasteiger partial charge >= 0.3 is 0 Å². The minimum atomic E-state index is 0.570. The molecular formula is C17H30N2. The van der Waals surface area contributed by atoms with Gasteiger partial charge in [0.05, 0.1) is 0 Å². The van der Waals surface area contributed by atoms with Crippen molar-refractivity contribution in [2.45, 2.75) is 46.6 Å². The van der Waals surface area contributed by atoms with Crippen LogP contribution in [0.25, 0.3) is 0 Å². The lowest BCUT2D eigenvalue weighted by molar-refractivity contribution is 0.283. The van der Waals surface area contributed by atoms with Crippen molar-refractivity contribution in [1.29, 1.82) is 0 Å². The van der Waals surface area contributed by atoms with Gasteiger partial charge in [0.15, 0.2) is 0 Å². The Morgan fingerprint density at radius 3 is 2.42 bits per heavy atom. The summed E-state index contributed by atoms with van der Waals surface area (Å²) < 4.78 is 0.